The Morgan fingerprint density at radius 2 is 2.20 bits per heavy atom. The monoisotopic (exact) mass is 280 g/mol. The van der Waals surface area contributed by atoms with E-state index >= 15 is 0 Å². The van der Waals surface area contributed by atoms with E-state index in [4.69, 9.17) is 0 Å². The zero-order valence-electron chi connectivity index (χ0n) is 12.8. The number of hydrogen-bond acceptors (Lipinski definition) is 4. The molecule has 0 saturated carbocycles. The first-order chi connectivity index (χ1) is 9.69. The maximum atomic E-state index is 9.48. The smallest absolute Gasteiger partial charge is 0.0564 e. The summed E-state index contributed by atoms with van der Waals surface area (Å²) in [7, 11) is 1.96. The lowest BCUT2D eigenvalue weighted by Crippen LogP contribution is -2.37. The van der Waals surface area contributed by atoms with Crippen LogP contribution >= 0.6 is 0 Å². The van der Waals surface area contributed by atoms with Gasteiger partial charge in [0.2, 0.25) is 0 Å². The van der Waals surface area contributed by atoms with E-state index in [0.29, 0.717) is 6.04 Å². The molecule has 1 aliphatic heterocycles. The predicted molar refractivity (Wildman–Crippen MR) is 80.5 cm³/mol. The molecule has 2 rings (SSSR count). The number of aliphatic hydroxyl groups excluding tert-OH is 1. The highest BCUT2D eigenvalue weighted by molar-refractivity contribution is 5.09. The number of nitrogens with one attached hydrogen (secondary N) is 1. The van der Waals surface area contributed by atoms with E-state index < -0.39 is 0 Å². The van der Waals surface area contributed by atoms with E-state index in [1.807, 2.05) is 17.9 Å². The molecule has 0 radical (unpaired) electrons. The number of piperidine rings is 1. The van der Waals surface area contributed by atoms with Crippen molar-refractivity contribution < 1.29 is 5.11 Å². The van der Waals surface area contributed by atoms with Crippen LogP contribution in [-0.2, 0) is 7.05 Å². The summed E-state index contributed by atoms with van der Waals surface area (Å²) in [6, 6.07) is 0.409. The van der Waals surface area contributed by atoms with Crippen molar-refractivity contribution in [1.82, 2.24) is 20.0 Å². The first-order valence-electron chi connectivity index (χ1n) is 7.81. The summed E-state index contributed by atoms with van der Waals surface area (Å²) in [5.74, 6) is 0. The third-order valence-corrected chi connectivity index (χ3v) is 4.13. The highest BCUT2D eigenvalue weighted by Gasteiger charge is 2.16. The Bertz CT molecular complexity index is 385. The maximum absolute atomic E-state index is 9.48. The lowest BCUT2D eigenvalue weighted by molar-refractivity contribution is 0.0820. The molecule has 0 amide bonds. The fourth-order valence-corrected chi connectivity index (χ4v) is 2.84. The molecule has 1 fully saturated rings. The number of hydrogen-bond donors (Lipinski definition) is 2. The van der Waals surface area contributed by atoms with Crippen molar-refractivity contribution >= 4 is 0 Å². The highest BCUT2D eigenvalue weighted by Crippen LogP contribution is 2.15. The van der Waals surface area contributed by atoms with E-state index in [-0.39, 0.29) is 6.10 Å². The third-order valence-electron chi connectivity index (χ3n) is 4.13. The van der Waals surface area contributed by atoms with Crippen molar-refractivity contribution in [3.63, 3.8) is 0 Å². The lowest BCUT2D eigenvalue weighted by atomic mass is 10.1. The van der Waals surface area contributed by atoms with Crippen LogP contribution in [0, 0.1) is 0 Å². The van der Waals surface area contributed by atoms with Gasteiger partial charge in [-0.15, -0.1) is 0 Å². The molecule has 1 aromatic rings. The summed E-state index contributed by atoms with van der Waals surface area (Å²) >= 11 is 0. The standard InChI is InChI=1S/C15H28N4O/c1-3-15(13-11-17-18(2)12-13)16-7-4-8-19-9-5-14(20)6-10-19/h11-12,14-16,20H,3-10H2,1-2H3. The third kappa shape index (κ3) is 4.58. The molecule has 1 saturated heterocycles. The van der Waals surface area contributed by atoms with Gasteiger partial charge in [-0.05, 0) is 38.8 Å². The van der Waals surface area contributed by atoms with Crippen LogP contribution in [0.15, 0.2) is 12.4 Å². The average Bonchev–Trinajstić information content (AvgIpc) is 2.87. The van der Waals surface area contributed by atoms with Crippen molar-refractivity contribution in [3.05, 3.63) is 18.0 Å². The molecule has 1 aromatic heterocycles. The quantitative estimate of drug-likeness (QED) is 0.739. The van der Waals surface area contributed by atoms with Gasteiger partial charge in [0.1, 0.15) is 0 Å². The summed E-state index contributed by atoms with van der Waals surface area (Å²) in [5, 5.41) is 17.3. The number of nitrogens with zero attached hydrogens (tertiary/aromatic N) is 3. The minimum Gasteiger partial charge on any atom is -0.393 e. The van der Waals surface area contributed by atoms with Gasteiger partial charge < -0.3 is 15.3 Å². The molecule has 1 unspecified atom stereocenters. The number of aliphatic hydroxyl groups is 1. The Morgan fingerprint density at radius 3 is 2.80 bits per heavy atom. The van der Waals surface area contributed by atoms with Gasteiger partial charge in [0, 0.05) is 37.9 Å². The summed E-state index contributed by atoms with van der Waals surface area (Å²) in [5.41, 5.74) is 1.27. The van der Waals surface area contributed by atoms with Gasteiger partial charge in [-0.2, -0.15) is 5.10 Å². The average molecular weight is 280 g/mol. The molecule has 20 heavy (non-hydrogen) atoms. The second kappa shape index (κ2) is 7.76. The SMILES string of the molecule is CCC(NCCCN1CCC(O)CC1)c1cnn(C)c1. The second-order valence-corrected chi connectivity index (χ2v) is 5.79. The molecule has 5 heteroatoms. The second-order valence-electron chi connectivity index (χ2n) is 5.79. The molecule has 2 heterocycles. The normalized spacial score (nSPS) is 19.4. The summed E-state index contributed by atoms with van der Waals surface area (Å²) in [6.07, 6.45) is 8.08. The summed E-state index contributed by atoms with van der Waals surface area (Å²) in [6.45, 7) is 6.45. The van der Waals surface area contributed by atoms with Crippen molar-refractivity contribution in [2.45, 2.75) is 44.8 Å². The molecule has 0 bridgehead atoms. The van der Waals surface area contributed by atoms with Crippen LogP contribution < -0.4 is 5.32 Å². The topological polar surface area (TPSA) is 53.3 Å². The van der Waals surface area contributed by atoms with Crippen LogP contribution in [-0.4, -0.2) is 52.1 Å². The van der Waals surface area contributed by atoms with Crippen molar-refractivity contribution in [2.24, 2.45) is 7.05 Å². The molecular formula is C15H28N4O. The largest absolute Gasteiger partial charge is 0.393 e. The first-order valence-corrected chi connectivity index (χ1v) is 7.81. The zero-order chi connectivity index (χ0) is 14.4. The Balaban J connectivity index is 1.64. The number of rotatable bonds is 7. The minimum absolute atomic E-state index is 0.0700. The fraction of sp³-hybridized carbons (Fsp3) is 0.800. The Morgan fingerprint density at radius 1 is 1.45 bits per heavy atom. The van der Waals surface area contributed by atoms with Crippen LogP contribution in [0.4, 0.5) is 0 Å². The van der Waals surface area contributed by atoms with Gasteiger partial charge in [0.05, 0.1) is 12.3 Å². The molecule has 1 aliphatic rings. The molecule has 5 nitrogen and oxygen atoms in total. The van der Waals surface area contributed by atoms with Crippen LogP contribution in [0.2, 0.25) is 0 Å². The summed E-state index contributed by atoms with van der Waals surface area (Å²) < 4.78 is 1.86. The van der Waals surface area contributed by atoms with Gasteiger partial charge in [-0.25, -0.2) is 0 Å². The van der Waals surface area contributed by atoms with Crippen molar-refractivity contribution in [3.8, 4) is 0 Å². The van der Waals surface area contributed by atoms with Crippen molar-refractivity contribution in [2.75, 3.05) is 26.2 Å². The van der Waals surface area contributed by atoms with E-state index in [9.17, 15) is 5.11 Å². The number of aromatic nitrogens is 2. The molecule has 0 aromatic carbocycles. The zero-order valence-corrected chi connectivity index (χ0v) is 12.8. The van der Waals surface area contributed by atoms with Crippen LogP contribution in [0.25, 0.3) is 0 Å². The van der Waals surface area contributed by atoms with E-state index in [1.54, 1.807) is 0 Å². The molecule has 0 spiro atoms. The maximum Gasteiger partial charge on any atom is 0.0564 e. The van der Waals surface area contributed by atoms with Crippen LogP contribution in [0.3, 0.4) is 0 Å². The van der Waals surface area contributed by atoms with Gasteiger partial charge in [-0.1, -0.05) is 6.92 Å². The Kier molecular flexibility index (Phi) is 6.01. The van der Waals surface area contributed by atoms with Gasteiger partial charge >= 0.3 is 0 Å². The molecule has 0 aliphatic carbocycles. The lowest BCUT2D eigenvalue weighted by Gasteiger charge is -2.29. The number of likely N-dealkylation sites (tertiary alicyclic amines) is 1. The van der Waals surface area contributed by atoms with Gasteiger partial charge in [-0.3, -0.25) is 4.68 Å². The first kappa shape index (κ1) is 15.5. The Hall–Kier alpha value is -0.910. The number of aryl methyl sites for hydroxylation is 1. The van der Waals surface area contributed by atoms with E-state index in [0.717, 1.165) is 51.9 Å². The molecule has 114 valence electrons. The Labute approximate surface area is 122 Å². The summed E-state index contributed by atoms with van der Waals surface area (Å²) in [4.78, 5) is 2.46. The van der Waals surface area contributed by atoms with Crippen LogP contribution in [0.5, 0.6) is 0 Å². The minimum atomic E-state index is -0.0700. The van der Waals surface area contributed by atoms with Crippen molar-refractivity contribution in [1.29, 1.82) is 0 Å². The highest BCUT2D eigenvalue weighted by atomic mass is 16.3. The molecule has 1 atom stereocenters. The molecule has 2 N–H and O–H groups in total. The van der Waals surface area contributed by atoms with Gasteiger partial charge in [0.25, 0.3) is 0 Å². The van der Waals surface area contributed by atoms with E-state index in [1.165, 1.54) is 5.56 Å². The van der Waals surface area contributed by atoms with E-state index in [2.05, 4.69) is 28.4 Å². The fourth-order valence-electron chi connectivity index (χ4n) is 2.84. The van der Waals surface area contributed by atoms with Gasteiger partial charge in [0.15, 0.2) is 0 Å². The predicted octanol–water partition coefficient (Wildman–Crippen LogP) is 1.31. The molecular weight excluding hydrogens is 252 g/mol. The van der Waals surface area contributed by atoms with Crippen LogP contribution in [0.1, 0.15) is 44.2 Å².